The first-order chi connectivity index (χ1) is 13.9. The summed E-state index contributed by atoms with van der Waals surface area (Å²) in [5.41, 5.74) is 1.36. The fraction of sp³-hybridized carbons (Fsp3) is 0.600. The van der Waals surface area contributed by atoms with Crippen molar-refractivity contribution in [3.05, 3.63) is 23.8 Å². The molecule has 29 heavy (non-hydrogen) atoms. The summed E-state index contributed by atoms with van der Waals surface area (Å²) in [7, 11) is -3.62. The zero-order chi connectivity index (χ0) is 20.6. The molecule has 2 amide bonds. The second-order valence-corrected chi connectivity index (χ2v) is 9.74. The molecule has 1 atom stereocenters. The first-order valence-electron chi connectivity index (χ1n) is 10.2. The minimum Gasteiger partial charge on any atom is -0.379 e. The third-order valence-corrected chi connectivity index (χ3v) is 7.83. The van der Waals surface area contributed by atoms with E-state index in [4.69, 9.17) is 4.74 Å². The van der Waals surface area contributed by atoms with Gasteiger partial charge in [0.05, 0.1) is 18.1 Å². The Morgan fingerprint density at radius 2 is 1.72 bits per heavy atom. The molecule has 3 aliphatic heterocycles. The molecule has 3 heterocycles. The average Bonchev–Trinajstić information content (AvgIpc) is 3.13. The van der Waals surface area contributed by atoms with Gasteiger partial charge in [0.1, 0.15) is 6.04 Å². The highest BCUT2D eigenvalue weighted by Crippen LogP contribution is 2.35. The standard InChI is InChI=1S/C20H27N3O5S/c1-15(24)23-18-6-5-17(29(26,27)22-9-11-28-12-10-22)13-16(18)14-19(23)20(25)21-7-3-2-4-8-21/h5-6,13,19H,2-4,7-12,14H2,1H3. The Hall–Kier alpha value is -1.97. The van der Waals surface area contributed by atoms with Gasteiger partial charge in [0.25, 0.3) is 0 Å². The van der Waals surface area contributed by atoms with Gasteiger partial charge in [-0.3, -0.25) is 14.5 Å². The molecule has 4 rings (SSSR count). The summed E-state index contributed by atoms with van der Waals surface area (Å²) in [6, 6.07) is 4.22. The van der Waals surface area contributed by atoms with Gasteiger partial charge < -0.3 is 9.64 Å². The Morgan fingerprint density at radius 3 is 2.38 bits per heavy atom. The van der Waals surface area contributed by atoms with Crippen molar-refractivity contribution in [1.29, 1.82) is 0 Å². The largest absolute Gasteiger partial charge is 0.379 e. The number of likely N-dealkylation sites (tertiary alicyclic amines) is 1. The maximum absolute atomic E-state index is 13.1. The molecule has 0 radical (unpaired) electrons. The first kappa shape index (κ1) is 20.3. The summed E-state index contributed by atoms with van der Waals surface area (Å²) >= 11 is 0. The van der Waals surface area contributed by atoms with E-state index in [1.165, 1.54) is 22.2 Å². The summed E-state index contributed by atoms with van der Waals surface area (Å²) in [6.07, 6.45) is 3.42. The van der Waals surface area contributed by atoms with Gasteiger partial charge in [-0.2, -0.15) is 4.31 Å². The van der Waals surface area contributed by atoms with E-state index in [0.717, 1.165) is 24.8 Å². The third kappa shape index (κ3) is 3.78. The van der Waals surface area contributed by atoms with Crippen molar-refractivity contribution in [2.24, 2.45) is 0 Å². The summed E-state index contributed by atoms with van der Waals surface area (Å²) in [6.45, 7) is 4.31. The number of benzene rings is 1. The van der Waals surface area contributed by atoms with Crippen LogP contribution in [0.3, 0.4) is 0 Å². The van der Waals surface area contributed by atoms with Crippen molar-refractivity contribution in [3.63, 3.8) is 0 Å². The van der Waals surface area contributed by atoms with Gasteiger partial charge in [-0.05, 0) is 43.0 Å². The molecular weight excluding hydrogens is 394 g/mol. The lowest BCUT2D eigenvalue weighted by atomic mass is 10.1. The highest BCUT2D eigenvalue weighted by atomic mass is 32.2. The van der Waals surface area contributed by atoms with Crippen molar-refractivity contribution in [3.8, 4) is 0 Å². The third-order valence-electron chi connectivity index (χ3n) is 5.94. The minimum absolute atomic E-state index is 0.0475. The van der Waals surface area contributed by atoms with E-state index in [9.17, 15) is 18.0 Å². The lowest BCUT2D eigenvalue weighted by molar-refractivity contribution is -0.135. The average molecular weight is 422 g/mol. The number of piperidine rings is 1. The summed E-state index contributed by atoms with van der Waals surface area (Å²) in [5.74, 6) is -0.253. The number of morpholine rings is 1. The van der Waals surface area contributed by atoms with Gasteiger partial charge in [-0.25, -0.2) is 8.42 Å². The maximum Gasteiger partial charge on any atom is 0.246 e. The molecule has 0 spiro atoms. The first-order valence-corrected chi connectivity index (χ1v) is 11.6. The van der Waals surface area contributed by atoms with Crippen LogP contribution < -0.4 is 4.90 Å². The van der Waals surface area contributed by atoms with Crippen LogP contribution in [0.15, 0.2) is 23.1 Å². The molecule has 8 nitrogen and oxygen atoms in total. The summed E-state index contributed by atoms with van der Waals surface area (Å²) in [5, 5.41) is 0. The number of anilines is 1. The second-order valence-electron chi connectivity index (χ2n) is 7.80. The molecule has 0 aromatic heterocycles. The zero-order valence-electron chi connectivity index (χ0n) is 16.7. The van der Waals surface area contributed by atoms with Gasteiger partial charge in [-0.1, -0.05) is 0 Å². The number of carbonyl (C=O) groups is 2. The number of rotatable bonds is 3. The number of hydrogen-bond acceptors (Lipinski definition) is 5. The van der Waals surface area contributed by atoms with Gasteiger partial charge in [0.15, 0.2) is 0 Å². The fourth-order valence-corrected chi connectivity index (χ4v) is 5.90. The molecular formula is C20H27N3O5S. The SMILES string of the molecule is CC(=O)N1c2ccc(S(=O)(=O)N3CCOCC3)cc2CC1C(=O)N1CCCCC1. The Labute approximate surface area is 171 Å². The molecule has 2 saturated heterocycles. The number of carbonyl (C=O) groups excluding carboxylic acids is 2. The zero-order valence-corrected chi connectivity index (χ0v) is 17.5. The van der Waals surface area contributed by atoms with Gasteiger partial charge in [0, 0.05) is 45.2 Å². The molecule has 0 saturated carbocycles. The Morgan fingerprint density at radius 1 is 1.03 bits per heavy atom. The smallest absolute Gasteiger partial charge is 0.246 e. The van der Waals surface area contributed by atoms with Crippen molar-refractivity contribution in [1.82, 2.24) is 9.21 Å². The van der Waals surface area contributed by atoms with Crippen LogP contribution in [-0.2, 0) is 30.8 Å². The van der Waals surface area contributed by atoms with Crippen LogP contribution in [0.25, 0.3) is 0 Å². The van der Waals surface area contributed by atoms with Crippen molar-refractivity contribution < 1.29 is 22.7 Å². The topological polar surface area (TPSA) is 87.2 Å². The maximum atomic E-state index is 13.1. The molecule has 3 aliphatic rings. The highest BCUT2D eigenvalue weighted by Gasteiger charge is 2.40. The van der Waals surface area contributed by atoms with Gasteiger partial charge >= 0.3 is 0 Å². The molecule has 0 bridgehead atoms. The Balaban J connectivity index is 1.62. The van der Waals surface area contributed by atoms with Crippen LogP contribution in [0.1, 0.15) is 31.7 Å². The number of amides is 2. The van der Waals surface area contributed by atoms with Gasteiger partial charge in [-0.15, -0.1) is 0 Å². The predicted octanol–water partition coefficient (Wildman–Crippen LogP) is 0.998. The van der Waals surface area contributed by atoms with E-state index in [0.29, 0.717) is 51.5 Å². The molecule has 9 heteroatoms. The normalized spacial score (nSPS) is 23.1. The van der Waals surface area contributed by atoms with E-state index < -0.39 is 16.1 Å². The highest BCUT2D eigenvalue weighted by molar-refractivity contribution is 7.89. The van der Waals surface area contributed by atoms with Crippen LogP contribution >= 0.6 is 0 Å². The molecule has 1 unspecified atom stereocenters. The molecule has 0 aliphatic carbocycles. The fourth-order valence-electron chi connectivity index (χ4n) is 4.44. The van der Waals surface area contributed by atoms with Crippen LogP contribution in [-0.4, -0.2) is 74.9 Å². The quantitative estimate of drug-likeness (QED) is 0.727. The number of fused-ring (bicyclic) bond motifs is 1. The van der Waals surface area contributed by atoms with Crippen molar-refractivity contribution in [2.75, 3.05) is 44.3 Å². The monoisotopic (exact) mass is 421 g/mol. The van der Waals surface area contributed by atoms with Crippen molar-refractivity contribution in [2.45, 2.75) is 43.5 Å². The van der Waals surface area contributed by atoms with E-state index in [1.54, 1.807) is 12.1 Å². The predicted molar refractivity (Wildman–Crippen MR) is 107 cm³/mol. The molecule has 1 aromatic rings. The van der Waals surface area contributed by atoms with Crippen LogP contribution in [0.5, 0.6) is 0 Å². The number of hydrogen-bond donors (Lipinski definition) is 0. The number of ether oxygens (including phenoxy) is 1. The molecule has 0 N–H and O–H groups in total. The van der Waals surface area contributed by atoms with Gasteiger partial charge in [0.2, 0.25) is 21.8 Å². The van der Waals surface area contributed by atoms with E-state index in [-0.39, 0.29) is 16.7 Å². The Kier molecular flexibility index (Phi) is 5.63. The number of nitrogens with zero attached hydrogens (tertiary/aromatic N) is 3. The van der Waals surface area contributed by atoms with E-state index in [1.807, 2.05) is 4.90 Å². The summed E-state index contributed by atoms with van der Waals surface area (Å²) in [4.78, 5) is 29.0. The number of sulfonamides is 1. The van der Waals surface area contributed by atoms with Crippen LogP contribution in [0.4, 0.5) is 5.69 Å². The molecule has 1 aromatic carbocycles. The molecule has 158 valence electrons. The Bertz CT molecular complexity index is 905. The van der Waals surface area contributed by atoms with Crippen molar-refractivity contribution >= 4 is 27.5 Å². The second kappa shape index (κ2) is 8.04. The summed E-state index contributed by atoms with van der Waals surface area (Å²) < 4.78 is 32.6. The van der Waals surface area contributed by atoms with Crippen LogP contribution in [0, 0.1) is 0 Å². The minimum atomic E-state index is -3.62. The molecule has 2 fully saturated rings. The van der Waals surface area contributed by atoms with E-state index >= 15 is 0 Å². The lowest BCUT2D eigenvalue weighted by Crippen LogP contribution is -2.50. The van der Waals surface area contributed by atoms with Crippen LogP contribution in [0.2, 0.25) is 0 Å². The van der Waals surface area contributed by atoms with E-state index in [2.05, 4.69) is 0 Å². The lowest BCUT2D eigenvalue weighted by Gasteiger charge is -2.32.